The molecule has 0 atom stereocenters. The number of aromatic nitrogens is 1. The van der Waals surface area contributed by atoms with Crippen LogP contribution in [0.3, 0.4) is 0 Å². The van der Waals surface area contributed by atoms with E-state index in [1.165, 1.54) is 22.6 Å². The van der Waals surface area contributed by atoms with Crippen molar-refractivity contribution in [3.8, 4) is 17.0 Å². The highest BCUT2D eigenvalue weighted by atomic mass is 32.1. The quantitative estimate of drug-likeness (QED) is 0.305. The molecule has 0 saturated heterocycles. The minimum Gasteiger partial charge on any atom is -0.493 e. The Hall–Kier alpha value is -2.34. The number of nitrogens with zero attached hydrogens (tertiary/aromatic N) is 1. The first-order valence-electron chi connectivity index (χ1n) is 9.85. The summed E-state index contributed by atoms with van der Waals surface area (Å²) in [7, 11) is 0. The van der Waals surface area contributed by atoms with E-state index in [9.17, 15) is 13.2 Å². The summed E-state index contributed by atoms with van der Waals surface area (Å²) in [6.45, 7) is 2.35. The number of fused-ring (bicyclic) bond motifs is 3. The van der Waals surface area contributed by atoms with Crippen LogP contribution in [0.4, 0.5) is 13.2 Å². The number of benzene rings is 2. The van der Waals surface area contributed by atoms with Gasteiger partial charge >= 0.3 is 6.18 Å². The normalized spacial score (nSPS) is 12.7. The maximum Gasteiger partial charge on any atom is 0.419 e. The molecule has 0 fully saturated rings. The number of hydrogen-bond acceptors (Lipinski definition) is 3. The second-order valence-corrected chi connectivity index (χ2v) is 8.44. The lowest BCUT2D eigenvalue weighted by Gasteiger charge is -2.15. The maximum atomic E-state index is 13.5. The van der Waals surface area contributed by atoms with Gasteiger partial charge in [0, 0.05) is 23.3 Å². The third kappa shape index (κ3) is 4.32. The SMILES string of the molecule is CCCCCOc1ccc(Cc2nc3c(s2)Cc2ccccc2-3)cc1C(F)(F)F. The molecule has 0 N–H and O–H groups in total. The number of thiazole rings is 1. The summed E-state index contributed by atoms with van der Waals surface area (Å²) in [6, 6.07) is 12.5. The lowest BCUT2D eigenvalue weighted by molar-refractivity contribution is -0.139. The molecule has 1 aliphatic rings. The summed E-state index contributed by atoms with van der Waals surface area (Å²) < 4.78 is 46.1. The molecule has 0 aliphatic heterocycles. The zero-order valence-electron chi connectivity index (χ0n) is 16.2. The smallest absolute Gasteiger partial charge is 0.419 e. The molecule has 2 nitrogen and oxygen atoms in total. The molecule has 0 radical (unpaired) electrons. The summed E-state index contributed by atoms with van der Waals surface area (Å²) >= 11 is 1.59. The molecule has 3 aromatic rings. The Morgan fingerprint density at radius 1 is 1.10 bits per heavy atom. The molecular formula is C23H22F3NOS. The summed E-state index contributed by atoms with van der Waals surface area (Å²) in [6.07, 6.45) is -0.518. The van der Waals surface area contributed by atoms with Gasteiger partial charge in [-0.1, -0.05) is 50.1 Å². The Morgan fingerprint density at radius 2 is 1.93 bits per heavy atom. The predicted molar refractivity (Wildman–Crippen MR) is 110 cm³/mol. The summed E-state index contributed by atoms with van der Waals surface area (Å²) in [4.78, 5) is 5.91. The molecule has 4 rings (SSSR count). The zero-order chi connectivity index (χ0) is 20.4. The van der Waals surface area contributed by atoms with E-state index in [1.54, 1.807) is 17.4 Å². The van der Waals surface area contributed by atoms with Crippen LogP contribution in [0.1, 0.15) is 52.8 Å². The van der Waals surface area contributed by atoms with E-state index in [1.807, 2.05) is 19.1 Å². The van der Waals surface area contributed by atoms with Crippen molar-refractivity contribution in [2.24, 2.45) is 0 Å². The molecule has 0 saturated carbocycles. The fourth-order valence-electron chi connectivity index (χ4n) is 3.63. The number of rotatable bonds is 7. The minimum atomic E-state index is -4.44. The first-order valence-corrected chi connectivity index (χ1v) is 10.7. The van der Waals surface area contributed by atoms with Crippen LogP contribution in [0, 0.1) is 0 Å². The maximum absolute atomic E-state index is 13.5. The van der Waals surface area contributed by atoms with Gasteiger partial charge < -0.3 is 4.74 Å². The van der Waals surface area contributed by atoms with Crippen molar-refractivity contribution >= 4 is 11.3 Å². The van der Waals surface area contributed by atoms with Gasteiger partial charge in [0.05, 0.1) is 22.9 Å². The largest absolute Gasteiger partial charge is 0.493 e. The Labute approximate surface area is 172 Å². The Balaban J connectivity index is 1.54. The highest BCUT2D eigenvalue weighted by Gasteiger charge is 2.35. The van der Waals surface area contributed by atoms with Crippen LogP contribution in [0.2, 0.25) is 0 Å². The number of halogens is 3. The number of ether oxygens (including phenoxy) is 1. The molecule has 1 aromatic heterocycles. The van der Waals surface area contributed by atoms with Crippen LogP contribution in [0.5, 0.6) is 5.75 Å². The van der Waals surface area contributed by atoms with Crippen LogP contribution < -0.4 is 4.74 Å². The van der Waals surface area contributed by atoms with Gasteiger partial charge in [-0.15, -0.1) is 11.3 Å². The lowest BCUT2D eigenvalue weighted by Crippen LogP contribution is -2.10. The van der Waals surface area contributed by atoms with Gasteiger partial charge in [0.15, 0.2) is 0 Å². The van der Waals surface area contributed by atoms with Gasteiger partial charge in [0.2, 0.25) is 0 Å². The van der Waals surface area contributed by atoms with Crippen molar-refractivity contribution in [2.75, 3.05) is 6.61 Å². The molecule has 0 bridgehead atoms. The van der Waals surface area contributed by atoms with Crippen LogP contribution in [0.25, 0.3) is 11.3 Å². The van der Waals surface area contributed by atoms with Gasteiger partial charge in [0.25, 0.3) is 0 Å². The van der Waals surface area contributed by atoms with Crippen molar-refractivity contribution in [3.05, 3.63) is 69.0 Å². The van der Waals surface area contributed by atoms with Gasteiger partial charge in [-0.2, -0.15) is 13.2 Å². The van der Waals surface area contributed by atoms with Crippen molar-refractivity contribution < 1.29 is 17.9 Å². The average molecular weight is 417 g/mol. The first-order chi connectivity index (χ1) is 14.0. The predicted octanol–water partition coefficient (Wildman–Crippen LogP) is 6.89. The zero-order valence-corrected chi connectivity index (χ0v) is 17.0. The van der Waals surface area contributed by atoms with E-state index in [0.717, 1.165) is 41.9 Å². The third-order valence-electron chi connectivity index (χ3n) is 5.08. The van der Waals surface area contributed by atoms with Crippen LogP contribution in [-0.4, -0.2) is 11.6 Å². The van der Waals surface area contributed by atoms with Crippen LogP contribution in [0.15, 0.2) is 42.5 Å². The van der Waals surface area contributed by atoms with Crippen LogP contribution >= 0.6 is 11.3 Å². The van der Waals surface area contributed by atoms with E-state index < -0.39 is 11.7 Å². The highest BCUT2D eigenvalue weighted by molar-refractivity contribution is 7.12. The minimum absolute atomic E-state index is 0.0899. The van der Waals surface area contributed by atoms with Crippen LogP contribution in [-0.2, 0) is 19.0 Å². The van der Waals surface area contributed by atoms with Gasteiger partial charge in [-0.3, -0.25) is 0 Å². The monoisotopic (exact) mass is 417 g/mol. The third-order valence-corrected chi connectivity index (χ3v) is 6.13. The number of hydrogen-bond donors (Lipinski definition) is 0. The average Bonchev–Trinajstić information content (AvgIpc) is 3.22. The molecule has 29 heavy (non-hydrogen) atoms. The van der Waals surface area contributed by atoms with E-state index in [-0.39, 0.29) is 5.75 Å². The second-order valence-electron chi connectivity index (χ2n) is 7.27. The van der Waals surface area contributed by atoms with Crippen molar-refractivity contribution in [1.29, 1.82) is 0 Å². The highest BCUT2D eigenvalue weighted by Crippen LogP contribution is 2.41. The lowest BCUT2D eigenvalue weighted by atomic mass is 10.1. The van der Waals surface area contributed by atoms with E-state index in [2.05, 4.69) is 12.1 Å². The molecule has 0 amide bonds. The standard InChI is InChI=1S/C23H22F3NOS/c1-2-3-6-11-28-19-10-9-15(12-18(19)23(24,25)26)13-21-27-22-17-8-5-4-7-16(17)14-20(22)29-21/h4-5,7-10,12H,2-3,6,11,13-14H2,1H3. The fraction of sp³-hybridized carbons (Fsp3) is 0.348. The molecular weight excluding hydrogens is 395 g/mol. The van der Waals surface area contributed by atoms with E-state index in [0.29, 0.717) is 18.6 Å². The molecule has 2 aromatic carbocycles. The van der Waals surface area contributed by atoms with Gasteiger partial charge in [0.1, 0.15) is 5.75 Å². The van der Waals surface area contributed by atoms with Crippen molar-refractivity contribution in [1.82, 2.24) is 4.98 Å². The summed E-state index contributed by atoms with van der Waals surface area (Å²) in [5.74, 6) is -0.0899. The molecule has 0 spiro atoms. The topological polar surface area (TPSA) is 22.1 Å². The Kier molecular flexibility index (Phi) is 5.63. The molecule has 6 heteroatoms. The van der Waals surface area contributed by atoms with Gasteiger partial charge in [-0.05, 0) is 29.7 Å². The van der Waals surface area contributed by atoms with Gasteiger partial charge in [-0.25, -0.2) is 4.98 Å². The Bertz CT molecular complexity index is 1010. The Morgan fingerprint density at radius 3 is 2.72 bits per heavy atom. The number of unbranched alkanes of at least 4 members (excludes halogenated alkanes) is 2. The summed E-state index contributed by atoms with van der Waals surface area (Å²) in [5.41, 5.74) is 3.26. The van der Waals surface area contributed by atoms with Crippen molar-refractivity contribution in [3.63, 3.8) is 0 Å². The summed E-state index contributed by atoms with van der Waals surface area (Å²) in [5, 5.41) is 0.842. The van der Waals surface area contributed by atoms with E-state index >= 15 is 0 Å². The molecule has 0 unspecified atom stereocenters. The van der Waals surface area contributed by atoms with Crippen molar-refractivity contribution in [2.45, 2.75) is 45.2 Å². The molecule has 152 valence electrons. The molecule has 1 heterocycles. The second kappa shape index (κ2) is 8.19. The van der Waals surface area contributed by atoms with E-state index in [4.69, 9.17) is 9.72 Å². The molecule has 1 aliphatic carbocycles. The number of alkyl halides is 3. The fourth-order valence-corrected chi connectivity index (χ4v) is 4.77. The first kappa shape index (κ1) is 20.0.